The Morgan fingerprint density at radius 3 is 2.32 bits per heavy atom. The molecule has 1 atom stereocenters. The molecule has 0 bridgehead atoms. The van der Waals surface area contributed by atoms with Crippen LogP contribution in [0.4, 0.5) is 0 Å². The second kappa shape index (κ2) is 13.6. The van der Waals surface area contributed by atoms with E-state index in [1.807, 2.05) is 48.5 Å². The highest BCUT2D eigenvalue weighted by molar-refractivity contribution is 5.87. The average Bonchev–Trinajstić information content (AvgIpc) is 2.93. The van der Waals surface area contributed by atoms with Crippen molar-refractivity contribution in [3.05, 3.63) is 94.3 Å². The van der Waals surface area contributed by atoms with E-state index < -0.39 is 6.10 Å². The molecule has 4 aromatic rings. The number of aromatic nitrogens is 1. The van der Waals surface area contributed by atoms with E-state index in [1.54, 1.807) is 12.1 Å². The summed E-state index contributed by atoms with van der Waals surface area (Å²) < 4.78 is 16.8. The van der Waals surface area contributed by atoms with Crippen LogP contribution in [0, 0.1) is 0 Å². The Morgan fingerprint density at radius 1 is 0.868 bits per heavy atom. The zero-order chi connectivity index (χ0) is 26.7. The number of phenolic OH excluding ortho intramolecular Hbond substituents is 1. The number of phenols is 1. The number of ether oxygens (including phenoxy) is 3. The number of hydrogen-bond acceptors (Lipinski definition) is 8. The Hall–Kier alpha value is -3.89. The molecule has 3 aromatic carbocycles. The Balaban J connectivity index is 1.21. The summed E-state index contributed by atoms with van der Waals surface area (Å²) in [6.07, 6.45) is -0.0152. The van der Waals surface area contributed by atoms with Gasteiger partial charge in [-0.3, -0.25) is 4.79 Å². The minimum absolute atomic E-state index is 0.0275. The molecule has 0 fully saturated rings. The summed E-state index contributed by atoms with van der Waals surface area (Å²) in [5, 5.41) is 24.6. The van der Waals surface area contributed by atoms with Gasteiger partial charge in [-0.25, -0.2) is 0 Å². The topological polar surface area (TPSA) is 139 Å². The Kier molecular flexibility index (Phi) is 9.71. The number of aromatic amines is 1. The molecule has 0 aliphatic rings. The first-order chi connectivity index (χ1) is 18.5. The van der Waals surface area contributed by atoms with Crippen LogP contribution in [0.5, 0.6) is 23.0 Å². The number of fused-ring (bicyclic) bond motifs is 1. The second-order valence-electron chi connectivity index (χ2n) is 8.72. The molecule has 0 radical (unpaired) electrons. The van der Waals surface area contributed by atoms with Crippen molar-refractivity contribution < 1.29 is 24.4 Å². The number of rotatable bonds is 14. The van der Waals surface area contributed by atoms with Gasteiger partial charge in [0.15, 0.2) is 0 Å². The van der Waals surface area contributed by atoms with Crippen molar-refractivity contribution in [3.63, 3.8) is 0 Å². The van der Waals surface area contributed by atoms with Crippen LogP contribution in [-0.2, 0) is 11.2 Å². The zero-order valence-corrected chi connectivity index (χ0v) is 21.1. The number of aliphatic hydroxyl groups is 1. The van der Waals surface area contributed by atoms with Gasteiger partial charge >= 0.3 is 0 Å². The predicted octanol–water partition coefficient (Wildman–Crippen LogP) is 3.25. The van der Waals surface area contributed by atoms with Crippen LogP contribution in [0.1, 0.15) is 17.2 Å². The van der Waals surface area contributed by atoms with Gasteiger partial charge in [0, 0.05) is 24.5 Å². The highest BCUT2D eigenvalue weighted by Gasteiger charge is 2.13. The summed E-state index contributed by atoms with van der Waals surface area (Å²) in [7, 11) is 0. The Morgan fingerprint density at radius 2 is 1.58 bits per heavy atom. The van der Waals surface area contributed by atoms with Gasteiger partial charge in [0.25, 0.3) is 0 Å². The molecule has 0 aliphatic carbocycles. The van der Waals surface area contributed by atoms with Crippen molar-refractivity contribution in [1.82, 2.24) is 10.3 Å². The fraction of sp³-hybridized carbons (Fsp3) is 0.276. The number of aromatic hydroxyl groups is 1. The fourth-order valence-electron chi connectivity index (χ4n) is 4.00. The maximum Gasteiger partial charge on any atom is 0.248 e. The van der Waals surface area contributed by atoms with E-state index >= 15 is 0 Å². The fourth-order valence-corrected chi connectivity index (χ4v) is 4.00. The summed E-state index contributed by atoms with van der Waals surface area (Å²) in [6.45, 7) is 2.99. The minimum Gasteiger partial charge on any atom is -0.506 e. The monoisotopic (exact) mass is 519 g/mol. The van der Waals surface area contributed by atoms with Crippen LogP contribution in [0.3, 0.4) is 0 Å². The van der Waals surface area contributed by atoms with Gasteiger partial charge in [0.1, 0.15) is 29.6 Å². The number of nitrogens with two attached hydrogens (primary N) is 1. The van der Waals surface area contributed by atoms with Gasteiger partial charge in [0.2, 0.25) is 5.56 Å². The average molecular weight is 520 g/mol. The molecular weight excluding hydrogens is 486 g/mol. The molecule has 0 aliphatic heterocycles. The van der Waals surface area contributed by atoms with Gasteiger partial charge in [-0.1, -0.05) is 18.2 Å². The zero-order valence-electron chi connectivity index (χ0n) is 21.1. The summed E-state index contributed by atoms with van der Waals surface area (Å²) in [5.41, 5.74) is 7.17. The lowest BCUT2D eigenvalue weighted by Gasteiger charge is -2.15. The van der Waals surface area contributed by atoms with E-state index in [4.69, 9.17) is 19.9 Å². The molecule has 1 heterocycles. The first-order valence-corrected chi connectivity index (χ1v) is 12.5. The normalized spacial score (nSPS) is 11.9. The molecule has 1 aromatic heterocycles. The van der Waals surface area contributed by atoms with Gasteiger partial charge in [-0.15, -0.1) is 0 Å². The van der Waals surface area contributed by atoms with Crippen molar-refractivity contribution in [2.24, 2.45) is 5.73 Å². The first-order valence-electron chi connectivity index (χ1n) is 12.5. The SMILES string of the molecule is NCCOCCOc1ccc(Oc2ccc(CCNC[C@H](O)c3ccc(O)c4[nH]c(=O)ccc34)cc2)cc1. The van der Waals surface area contributed by atoms with Crippen molar-refractivity contribution >= 4 is 10.9 Å². The second-order valence-corrected chi connectivity index (χ2v) is 8.72. The van der Waals surface area contributed by atoms with Gasteiger partial charge in [-0.05, 0) is 72.6 Å². The van der Waals surface area contributed by atoms with E-state index in [0.717, 1.165) is 23.5 Å². The largest absolute Gasteiger partial charge is 0.506 e. The number of pyridine rings is 1. The maximum atomic E-state index is 11.6. The lowest BCUT2D eigenvalue weighted by molar-refractivity contribution is 0.106. The van der Waals surface area contributed by atoms with E-state index in [-0.39, 0.29) is 11.3 Å². The highest BCUT2D eigenvalue weighted by Crippen LogP contribution is 2.28. The van der Waals surface area contributed by atoms with Gasteiger partial charge in [0.05, 0.1) is 24.8 Å². The molecule has 9 nitrogen and oxygen atoms in total. The van der Waals surface area contributed by atoms with Crippen LogP contribution in [-0.4, -0.2) is 54.7 Å². The third-order valence-electron chi connectivity index (χ3n) is 5.94. The third-order valence-corrected chi connectivity index (χ3v) is 5.94. The molecule has 200 valence electrons. The summed E-state index contributed by atoms with van der Waals surface area (Å²) >= 11 is 0. The predicted molar refractivity (Wildman–Crippen MR) is 146 cm³/mol. The standard InChI is InChI=1S/C29H33N3O6/c30-14-16-36-17-18-37-21-5-7-23(8-6-21)38-22-3-1-20(2-4-22)13-15-31-19-27(34)24-9-11-26(33)29-25(24)10-12-28(35)32-29/h1-12,27,31,33-34H,13-19,30H2,(H,32,35)/t27-/m0/s1. The van der Waals surface area contributed by atoms with Crippen molar-refractivity contribution in [2.75, 3.05) is 39.5 Å². The molecule has 6 N–H and O–H groups in total. The summed E-state index contributed by atoms with van der Waals surface area (Å²) in [6, 6.07) is 21.4. The molecular formula is C29H33N3O6. The number of hydrogen-bond donors (Lipinski definition) is 5. The smallest absolute Gasteiger partial charge is 0.248 e. The molecule has 0 spiro atoms. The summed E-state index contributed by atoms with van der Waals surface area (Å²) in [5.74, 6) is 2.17. The van der Waals surface area contributed by atoms with Crippen molar-refractivity contribution in [1.29, 1.82) is 0 Å². The molecule has 0 saturated carbocycles. The molecule has 0 amide bonds. The highest BCUT2D eigenvalue weighted by atomic mass is 16.5. The van der Waals surface area contributed by atoms with Crippen LogP contribution < -0.4 is 26.1 Å². The Labute approximate surface area is 220 Å². The molecule has 4 rings (SSSR count). The number of benzene rings is 3. The number of H-pyrrole nitrogens is 1. The lowest BCUT2D eigenvalue weighted by atomic mass is 10.0. The Bertz CT molecular complexity index is 1360. The van der Waals surface area contributed by atoms with Crippen LogP contribution in [0.2, 0.25) is 0 Å². The van der Waals surface area contributed by atoms with Crippen molar-refractivity contribution in [3.8, 4) is 23.0 Å². The van der Waals surface area contributed by atoms with Crippen molar-refractivity contribution in [2.45, 2.75) is 12.5 Å². The number of nitrogens with one attached hydrogen (secondary N) is 2. The van der Waals surface area contributed by atoms with E-state index in [9.17, 15) is 15.0 Å². The molecule has 38 heavy (non-hydrogen) atoms. The van der Waals surface area contributed by atoms with E-state index in [1.165, 1.54) is 12.1 Å². The molecule has 0 unspecified atom stereocenters. The maximum absolute atomic E-state index is 11.6. The van der Waals surface area contributed by atoms with E-state index in [0.29, 0.717) is 61.7 Å². The number of aliphatic hydroxyl groups excluding tert-OH is 1. The molecule has 9 heteroatoms. The first kappa shape index (κ1) is 27.2. The minimum atomic E-state index is -0.791. The quantitative estimate of drug-likeness (QED) is 0.160. The van der Waals surface area contributed by atoms with Crippen LogP contribution >= 0.6 is 0 Å². The van der Waals surface area contributed by atoms with Gasteiger partial charge in [-0.2, -0.15) is 0 Å². The van der Waals surface area contributed by atoms with Crippen LogP contribution in [0.15, 0.2) is 77.6 Å². The van der Waals surface area contributed by atoms with Crippen LogP contribution in [0.25, 0.3) is 10.9 Å². The van der Waals surface area contributed by atoms with E-state index in [2.05, 4.69) is 10.3 Å². The third kappa shape index (κ3) is 7.56. The molecule has 0 saturated heterocycles. The van der Waals surface area contributed by atoms with Gasteiger partial charge < -0.3 is 40.5 Å². The summed E-state index contributed by atoms with van der Waals surface area (Å²) in [4.78, 5) is 14.2. The lowest BCUT2D eigenvalue weighted by Crippen LogP contribution is -2.24.